The van der Waals surface area contributed by atoms with Gasteiger partial charge in [-0.25, -0.2) is 13.8 Å². The molecule has 0 amide bonds. The van der Waals surface area contributed by atoms with Crippen molar-refractivity contribution in [3.05, 3.63) is 29.7 Å². The molecule has 0 fully saturated rings. The van der Waals surface area contributed by atoms with Crippen molar-refractivity contribution < 1.29 is 8.78 Å². The van der Waals surface area contributed by atoms with Gasteiger partial charge in [-0.3, -0.25) is 0 Å². The molecule has 0 bridgehead atoms. The van der Waals surface area contributed by atoms with Gasteiger partial charge in [0.05, 0.1) is 29.3 Å². The smallest absolute Gasteiger partial charge is 0.267 e. The molecule has 0 aliphatic carbocycles. The van der Waals surface area contributed by atoms with Crippen LogP contribution in [-0.4, -0.2) is 20.0 Å². The van der Waals surface area contributed by atoms with E-state index in [-0.39, 0.29) is 23.0 Å². The lowest BCUT2D eigenvalue weighted by Crippen LogP contribution is -2.08. The van der Waals surface area contributed by atoms with E-state index in [4.69, 9.17) is 5.73 Å². The molecule has 2 aromatic heterocycles. The summed E-state index contributed by atoms with van der Waals surface area (Å²) in [7, 11) is 0. The van der Waals surface area contributed by atoms with E-state index in [0.717, 1.165) is 4.80 Å². The van der Waals surface area contributed by atoms with Gasteiger partial charge in [-0.05, 0) is 12.0 Å². The Balaban J connectivity index is 2.49. The zero-order chi connectivity index (χ0) is 13.3. The molecule has 2 heterocycles. The highest BCUT2D eigenvalue weighted by Gasteiger charge is 2.18. The third kappa shape index (κ3) is 2.29. The Bertz CT molecular complexity index is 550. The average Bonchev–Trinajstić information content (AvgIpc) is 2.78. The van der Waals surface area contributed by atoms with E-state index in [1.54, 1.807) is 0 Å². The topological polar surface area (TPSA) is 69.6 Å². The molecule has 0 aliphatic heterocycles. The average molecular weight is 253 g/mol. The van der Waals surface area contributed by atoms with Crippen molar-refractivity contribution in [3.8, 4) is 5.82 Å². The SMILES string of the molecule is CC(C)c1cnn(-c2ncc(N)cc2C(F)F)n1. The van der Waals surface area contributed by atoms with Gasteiger partial charge in [-0.1, -0.05) is 13.8 Å². The van der Waals surface area contributed by atoms with Gasteiger partial charge < -0.3 is 5.73 Å². The molecule has 7 heteroatoms. The molecule has 0 saturated heterocycles. The maximum absolute atomic E-state index is 12.9. The summed E-state index contributed by atoms with van der Waals surface area (Å²) in [6.45, 7) is 3.89. The Morgan fingerprint density at radius 1 is 1.28 bits per heavy atom. The molecule has 0 radical (unpaired) electrons. The van der Waals surface area contributed by atoms with Crippen molar-refractivity contribution in [1.82, 2.24) is 20.0 Å². The minimum Gasteiger partial charge on any atom is -0.397 e. The quantitative estimate of drug-likeness (QED) is 0.911. The minimum absolute atomic E-state index is 0.00565. The van der Waals surface area contributed by atoms with Gasteiger partial charge in [0.15, 0.2) is 5.82 Å². The molecule has 0 spiro atoms. The van der Waals surface area contributed by atoms with Crippen LogP contribution in [0.1, 0.15) is 37.4 Å². The first kappa shape index (κ1) is 12.4. The largest absolute Gasteiger partial charge is 0.397 e. The second kappa shape index (κ2) is 4.67. The number of nitrogens with zero attached hydrogens (tertiary/aromatic N) is 4. The molecule has 0 atom stereocenters. The zero-order valence-corrected chi connectivity index (χ0v) is 10.0. The summed E-state index contributed by atoms with van der Waals surface area (Å²) >= 11 is 0. The Kier molecular flexibility index (Phi) is 3.22. The van der Waals surface area contributed by atoms with Crippen LogP contribution in [0.3, 0.4) is 0 Å². The molecule has 2 N–H and O–H groups in total. The van der Waals surface area contributed by atoms with Crippen LogP contribution in [0.5, 0.6) is 0 Å². The van der Waals surface area contributed by atoms with Crippen LogP contribution in [0.25, 0.3) is 5.82 Å². The highest BCUT2D eigenvalue weighted by Crippen LogP contribution is 2.25. The number of anilines is 1. The van der Waals surface area contributed by atoms with Crippen molar-refractivity contribution >= 4 is 5.69 Å². The van der Waals surface area contributed by atoms with Crippen LogP contribution in [0.15, 0.2) is 18.5 Å². The third-order valence-electron chi connectivity index (χ3n) is 2.44. The number of rotatable bonds is 3. The summed E-state index contributed by atoms with van der Waals surface area (Å²) in [5, 5.41) is 8.07. The maximum atomic E-state index is 12.9. The predicted molar refractivity (Wildman–Crippen MR) is 62.6 cm³/mol. The van der Waals surface area contributed by atoms with Gasteiger partial charge >= 0.3 is 0 Å². The Hall–Kier alpha value is -2.05. The fourth-order valence-electron chi connectivity index (χ4n) is 1.46. The molecule has 0 saturated carbocycles. The van der Waals surface area contributed by atoms with Gasteiger partial charge in [0, 0.05) is 0 Å². The van der Waals surface area contributed by atoms with E-state index in [2.05, 4.69) is 15.2 Å². The van der Waals surface area contributed by atoms with Crippen LogP contribution < -0.4 is 5.73 Å². The molecule has 0 aromatic carbocycles. The number of halogens is 2. The van der Waals surface area contributed by atoms with Crippen molar-refractivity contribution in [2.24, 2.45) is 0 Å². The molecular weight excluding hydrogens is 240 g/mol. The van der Waals surface area contributed by atoms with Crippen molar-refractivity contribution in [2.45, 2.75) is 26.2 Å². The number of alkyl halides is 2. The second-order valence-corrected chi connectivity index (χ2v) is 4.20. The normalized spacial score (nSPS) is 11.4. The number of nitrogen functional groups attached to an aromatic ring is 1. The van der Waals surface area contributed by atoms with Crippen molar-refractivity contribution in [3.63, 3.8) is 0 Å². The summed E-state index contributed by atoms with van der Waals surface area (Å²) in [4.78, 5) is 4.98. The molecule has 2 rings (SSSR count). The van der Waals surface area contributed by atoms with E-state index in [9.17, 15) is 8.78 Å². The Labute approximate surface area is 103 Å². The third-order valence-corrected chi connectivity index (χ3v) is 2.44. The molecule has 96 valence electrons. The summed E-state index contributed by atoms with van der Waals surface area (Å²) < 4.78 is 25.8. The van der Waals surface area contributed by atoms with Crippen LogP contribution in [-0.2, 0) is 0 Å². The standard InChI is InChI=1S/C11H13F2N5/c1-6(2)9-5-16-18(17-9)11-8(10(12)13)3-7(14)4-15-11/h3-6,10H,14H2,1-2H3. The predicted octanol–water partition coefficient (Wildman–Crippen LogP) is 2.31. The minimum atomic E-state index is -2.68. The van der Waals surface area contributed by atoms with Crippen LogP contribution in [0.4, 0.5) is 14.5 Å². The van der Waals surface area contributed by atoms with Gasteiger partial charge in [-0.15, -0.1) is 4.80 Å². The molecule has 0 aliphatic rings. The van der Waals surface area contributed by atoms with Crippen molar-refractivity contribution in [1.29, 1.82) is 0 Å². The Morgan fingerprint density at radius 2 is 2.00 bits per heavy atom. The molecule has 0 unspecified atom stereocenters. The fraction of sp³-hybridized carbons (Fsp3) is 0.364. The fourth-order valence-corrected chi connectivity index (χ4v) is 1.46. The molecule has 2 aromatic rings. The van der Waals surface area contributed by atoms with Gasteiger partial charge in [0.25, 0.3) is 6.43 Å². The molecular formula is C11H13F2N5. The number of hydrogen-bond acceptors (Lipinski definition) is 4. The van der Waals surface area contributed by atoms with E-state index >= 15 is 0 Å². The van der Waals surface area contributed by atoms with Crippen molar-refractivity contribution in [2.75, 3.05) is 5.73 Å². The monoisotopic (exact) mass is 253 g/mol. The highest BCUT2D eigenvalue weighted by atomic mass is 19.3. The first-order valence-corrected chi connectivity index (χ1v) is 5.45. The number of pyridine rings is 1. The first-order valence-electron chi connectivity index (χ1n) is 5.45. The van der Waals surface area contributed by atoms with Crippen LogP contribution >= 0.6 is 0 Å². The van der Waals surface area contributed by atoms with Crippen LogP contribution in [0.2, 0.25) is 0 Å². The Morgan fingerprint density at radius 3 is 2.56 bits per heavy atom. The first-order chi connectivity index (χ1) is 8.49. The summed E-state index contributed by atoms with van der Waals surface area (Å²) in [6, 6.07) is 1.19. The van der Waals surface area contributed by atoms with E-state index in [1.165, 1.54) is 18.5 Å². The zero-order valence-electron chi connectivity index (χ0n) is 10.0. The van der Waals surface area contributed by atoms with E-state index in [1.807, 2.05) is 13.8 Å². The maximum Gasteiger partial charge on any atom is 0.267 e. The lowest BCUT2D eigenvalue weighted by molar-refractivity contribution is 0.150. The summed E-state index contributed by atoms with van der Waals surface area (Å²) in [5.41, 5.74) is 6.08. The summed E-state index contributed by atoms with van der Waals surface area (Å²) in [5.74, 6) is 0.175. The van der Waals surface area contributed by atoms with Gasteiger partial charge in [0.2, 0.25) is 0 Å². The molecule has 5 nitrogen and oxygen atoms in total. The number of nitrogens with two attached hydrogens (primary N) is 1. The van der Waals surface area contributed by atoms with E-state index in [0.29, 0.717) is 5.69 Å². The van der Waals surface area contributed by atoms with Crippen LogP contribution in [0, 0.1) is 0 Å². The lowest BCUT2D eigenvalue weighted by Gasteiger charge is -2.07. The summed E-state index contributed by atoms with van der Waals surface area (Å²) in [6.07, 6.45) is 0.168. The lowest BCUT2D eigenvalue weighted by atomic mass is 10.2. The number of aromatic nitrogens is 4. The highest BCUT2D eigenvalue weighted by molar-refractivity contribution is 5.45. The van der Waals surface area contributed by atoms with Gasteiger partial charge in [0.1, 0.15) is 0 Å². The van der Waals surface area contributed by atoms with E-state index < -0.39 is 6.43 Å². The second-order valence-electron chi connectivity index (χ2n) is 4.20. The number of hydrogen-bond donors (Lipinski definition) is 1. The molecule has 18 heavy (non-hydrogen) atoms. The van der Waals surface area contributed by atoms with Gasteiger partial charge in [-0.2, -0.15) is 10.2 Å².